The van der Waals surface area contributed by atoms with Crippen LogP contribution in [-0.2, 0) is 23.4 Å². The van der Waals surface area contributed by atoms with E-state index in [2.05, 4.69) is 15.3 Å². The highest BCUT2D eigenvalue weighted by molar-refractivity contribution is 7.99. The van der Waals surface area contributed by atoms with E-state index in [1.54, 1.807) is 30.4 Å². The molecule has 1 aliphatic rings. The lowest BCUT2D eigenvalue weighted by molar-refractivity contribution is -0.385. The molecule has 4 rings (SSSR count). The molecule has 0 radical (unpaired) electrons. The van der Waals surface area contributed by atoms with Gasteiger partial charge in [0.1, 0.15) is 10.7 Å². The minimum Gasteiger partial charge on any atom is -0.325 e. The van der Waals surface area contributed by atoms with Crippen molar-refractivity contribution in [1.29, 1.82) is 0 Å². The van der Waals surface area contributed by atoms with Crippen molar-refractivity contribution in [2.45, 2.75) is 31.9 Å². The minimum absolute atomic E-state index is 0.0339. The Bertz CT molecular complexity index is 1180. The van der Waals surface area contributed by atoms with Gasteiger partial charge in [0.25, 0.3) is 11.2 Å². The smallest absolute Gasteiger partial charge is 0.274 e. The maximum atomic E-state index is 12.4. The number of rotatable bonds is 6. The minimum atomic E-state index is -0.474. The normalized spacial score (nSPS) is 12.9. The molecule has 0 saturated carbocycles. The first-order valence-corrected chi connectivity index (χ1v) is 11.1. The van der Waals surface area contributed by atoms with Crippen molar-refractivity contribution in [3.05, 3.63) is 60.5 Å². The van der Waals surface area contributed by atoms with Crippen LogP contribution in [0.25, 0.3) is 10.2 Å². The highest BCUT2D eigenvalue weighted by Gasteiger charge is 2.21. The number of carbonyl (C=O) groups is 1. The summed E-state index contributed by atoms with van der Waals surface area (Å²) in [6.45, 7) is 1.65. The van der Waals surface area contributed by atoms with Crippen molar-refractivity contribution in [1.82, 2.24) is 9.97 Å². The fourth-order valence-corrected chi connectivity index (χ4v) is 5.41. The van der Waals surface area contributed by atoms with Crippen LogP contribution in [0, 0.1) is 17.0 Å². The number of thiophene rings is 1. The second-order valence-corrected chi connectivity index (χ2v) is 8.92. The molecule has 0 atom stereocenters. The number of benzene rings is 1. The Hall–Kier alpha value is -2.72. The fraction of sp³-hybridized carbons (Fsp3) is 0.316. The summed E-state index contributed by atoms with van der Waals surface area (Å²) in [5.41, 5.74) is 1.92. The maximum Gasteiger partial charge on any atom is 0.274 e. The van der Waals surface area contributed by atoms with Crippen LogP contribution in [0.1, 0.15) is 28.2 Å². The van der Waals surface area contributed by atoms with Gasteiger partial charge in [0, 0.05) is 22.2 Å². The molecule has 2 N–H and O–H groups in total. The number of aromatic nitrogens is 2. The van der Waals surface area contributed by atoms with E-state index in [9.17, 15) is 19.7 Å². The summed E-state index contributed by atoms with van der Waals surface area (Å²) in [6.07, 6.45) is 3.04. The predicted molar refractivity (Wildman–Crippen MR) is 115 cm³/mol. The van der Waals surface area contributed by atoms with E-state index in [-0.39, 0.29) is 22.9 Å². The summed E-state index contributed by atoms with van der Waals surface area (Å²) in [5, 5.41) is 14.4. The largest absolute Gasteiger partial charge is 0.325 e. The number of aryl methyl sites for hydroxylation is 3. The molecule has 2 heterocycles. The lowest BCUT2D eigenvalue weighted by Gasteiger charge is -2.06. The van der Waals surface area contributed by atoms with Gasteiger partial charge >= 0.3 is 0 Å². The van der Waals surface area contributed by atoms with Gasteiger partial charge in [-0.25, -0.2) is 4.98 Å². The predicted octanol–water partition coefficient (Wildman–Crippen LogP) is 3.56. The number of nitro groups is 1. The number of hydrogen-bond donors (Lipinski definition) is 2. The highest BCUT2D eigenvalue weighted by atomic mass is 32.2. The van der Waals surface area contributed by atoms with E-state index in [1.165, 1.54) is 22.7 Å². The average Bonchev–Trinajstić information content (AvgIpc) is 3.23. The van der Waals surface area contributed by atoms with Crippen molar-refractivity contribution >= 4 is 50.6 Å². The maximum absolute atomic E-state index is 12.4. The van der Waals surface area contributed by atoms with E-state index in [4.69, 9.17) is 0 Å². The van der Waals surface area contributed by atoms with Gasteiger partial charge in [0.2, 0.25) is 5.91 Å². The number of carbonyl (C=O) groups excluding carboxylic acids is 1. The summed E-state index contributed by atoms with van der Waals surface area (Å²) >= 11 is 2.91. The number of anilines is 1. The van der Waals surface area contributed by atoms with Gasteiger partial charge in [0.05, 0.1) is 21.8 Å². The van der Waals surface area contributed by atoms with Crippen LogP contribution in [0.4, 0.5) is 11.4 Å². The average molecular weight is 431 g/mol. The Morgan fingerprint density at radius 3 is 3.03 bits per heavy atom. The molecule has 0 fully saturated rings. The van der Waals surface area contributed by atoms with Gasteiger partial charge in [0.15, 0.2) is 0 Å². The molecule has 1 aliphatic carbocycles. The molecular weight excluding hydrogens is 412 g/mol. The van der Waals surface area contributed by atoms with E-state index in [0.717, 1.165) is 35.0 Å². The van der Waals surface area contributed by atoms with Gasteiger partial charge in [-0.05, 0) is 37.8 Å². The van der Waals surface area contributed by atoms with E-state index < -0.39 is 4.92 Å². The molecule has 1 amide bonds. The third kappa shape index (κ3) is 4.03. The number of nitro benzene ring substituents is 1. The lowest BCUT2D eigenvalue weighted by atomic mass is 10.2. The van der Waals surface area contributed by atoms with Crippen LogP contribution >= 0.6 is 23.1 Å². The van der Waals surface area contributed by atoms with Crippen LogP contribution in [0.2, 0.25) is 0 Å². The van der Waals surface area contributed by atoms with E-state index in [1.807, 2.05) is 0 Å². The molecular formula is C19H18N4O4S2. The topological polar surface area (TPSA) is 118 Å². The first kappa shape index (κ1) is 19.6. The number of aromatic amines is 1. The number of fused-ring (bicyclic) bond motifs is 3. The van der Waals surface area contributed by atoms with Gasteiger partial charge in [-0.2, -0.15) is 0 Å². The van der Waals surface area contributed by atoms with Crippen molar-refractivity contribution < 1.29 is 9.72 Å². The Balaban J connectivity index is 1.38. The van der Waals surface area contributed by atoms with Crippen LogP contribution in [0.5, 0.6) is 0 Å². The third-order valence-electron chi connectivity index (χ3n) is 4.79. The van der Waals surface area contributed by atoms with Crippen LogP contribution in [-0.4, -0.2) is 26.6 Å². The van der Waals surface area contributed by atoms with Gasteiger partial charge < -0.3 is 10.3 Å². The van der Waals surface area contributed by atoms with Gasteiger partial charge in [-0.3, -0.25) is 19.7 Å². The molecule has 0 unspecified atom stereocenters. The van der Waals surface area contributed by atoms with Gasteiger partial charge in [-0.15, -0.1) is 23.1 Å². The second-order valence-electron chi connectivity index (χ2n) is 6.85. The molecule has 29 heavy (non-hydrogen) atoms. The van der Waals surface area contributed by atoms with Crippen molar-refractivity contribution in [2.75, 3.05) is 11.1 Å². The van der Waals surface area contributed by atoms with Gasteiger partial charge in [-0.1, -0.05) is 6.07 Å². The Morgan fingerprint density at radius 1 is 1.41 bits per heavy atom. The molecule has 1 aromatic carbocycles. The summed E-state index contributed by atoms with van der Waals surface area (Å²) < 4.78 is 0. The number of H-pyrrole nitrogens is 1. The summed E-state index contributed by atoms with van der Waals surface area (Å²) in [4.78, 5) is 44.5. The number of amides is 1. The molecule has 2 aromatic heterocycles. The zero-order chi connectivity index (χ0) is 20.5. The molecule has 8 nitrogen and oxygen atoms in total. The Kier molecular flexibility index (Phi) is 5.37. The zero-order valence-corrected chi connectivity index (χ0v) is 17.2. The number of nitrogens with zero attached hydrogens (tertiary/aromatic N) is 2. The summed E-state index contributed by atoms with van der Waals surface area (Å²) in [7, 11) is 0. The molecule has 0 bridgehead atoms. The number of thioether (sulfide) groups is 1. The molecule has 150 valence electrons. The first-order chi connectivity index (χ1) is 13.9. The van der Waals surface area contributed by atoms with Crippen LogP contribution in [0.3, 0.4) is 0 Å². The monoisotopic (exact) mass is 430 g/mol. The summed E-state index contributed by atoms with van der Waals surface area (Å²) in [6, 6.07) is 4.58. The molecule has 10 heteroatoms. The van der Waals surface area contributed by atoms with Crippen LogP contribution < -0.4 is 10.9 Å². The molecule has 0 aliphatic heterocycles. The number of nitrogens with one attached hydrogen (secondary N) is 2. The molecule has 0 spiro atoms. The Labute approximate surface area is 173 Å². The molecule has 0 saturated heterocycles. The SMILES string of the molecule is Cc1ccc(NC(=O)CSCc2nc3sc4c(c3c(=O)[nH]2)CCC4)cc1[N+](=O)[O-]. The first-order valence-electron chi connectivity index (χ1n) is 9.08. The standard InChI is InChI=1S/C19H18N4O4S2/c1-10-5-6-11(7-13(10)23(26)27)20-16(24)9-28-8-15-21-18(25)17-12-3-2-4-14(12)29-19(17)22-15/h5-7H,2-4,8-9H2,1H3,(H,20,24)(H,21,22,25). The van der Waals surface area contributed by atoms with Crippen molar-refractivity contribution in [2.24, 2.45) is 0 Å². The summed E-state index contributed by atoms with van der Waals surface area (Å²) in [5.74, 6) is 0.817. The van der Waals surface area contributed by atoms with Crippen molar-refractivity contribution in [3.8, 4) is 0 Å². The fourth-order valence-electron chi connectivity index (χ4n) is 3.44. The zero-order valence-electron chi connectivity index (χ0n) is 15.6. The number of hydrogen-bond acceptors (Lipinski definition) is 7. The van der Waals surface area contributed by atoms with E-state index >= 15 is 0 Å². The Morgan fingerprint density at radius 2 is 2.24 bits per heavy atom. The third-order valence-corrected chi connectivity index (χ3v) is 6.92. The lowest BCUT2D eigenvalue weighted by Crippen LogP contribution is -2.15. The van der Waals surface area contributed by atoms with Crippen LogP contribution in [0.15, 0.2) is 23.0 Å². The highest BCUT2D eigenvalue weighted by Crippen LogP contribution is 2.34. The van der Waals surface area contributed by atoms with Crippen molar-refractivity contribution in [3.63, 3.8) is 0 Å². The quantitative estimate of drug-likeness (QED) is 0.456. The molecule has 3 aromatic rings. The second kappa shape index (κ2) is 7.96. The van der Waals surface area contributed by atoms with E-state index in [0.29, 0.717) is 22.8 Å².